The second kappa shape index (κ2) is 12.3. The Bertz CT molecular complexity index is 1360. The third-order valence-electron chi connectivity index (χ3n) is 6.21. The highest BCUT2D eigenvalue weighted by atomic mass is 35.5. The van der Waals surface area contributed by atoms with Gasteiger partial charge in [-0.3, -0.25) is 13.9 Å². The Morgan fingerprint density at radius 3 is 2.22 bits per heavy atom. The maximum Gasteiger partial charge on any atom is 0.264 e. The van der Waals surface area contributed by atoms with Gasteiger partial charge in [0.25, 0.3) is 10.0 Å². The molecule has 0 bridgehead atoms. The summed E-state index contributed by atoms with van der Waals surface area (Å²) in [4.78, 5) is 28.0. The van der Waals surface area contributed by atoms with E-state index in [1.807, 2.05) is 19.9 Å². The van der Waals surface area contributed by atoms with Crippen LogP contribution in [0.1, 0.15) is 30.5 Å². The highest BCUT2D eigenvalue weighted by Gasteiger charge is 2.32. The number of carbonyl (C=O) groups excluding carboxylic acids is 2. The maximum atomic E-state index is 13.8. The lowest BCUT2D eigenvalue weighted by molar-refractivity contribution is -0.139. The molecule has 2 amide bonds. The number of hydrogen-bond acceptors (Lipinski definition) is 4. The Hall–Kier alpha value is -3.36. The third kappa shape index (κ3) is 6.70. The Labute approximate surface area is 224 Å². The van der Waals surface area contributed by atoms with Gasteiger partial charge in [-0.15, -0.1) is 0 Å². The molecule has 3 aromatic carbocycles. The van der Waals surface area contributed by atoms with Crippen LogP contribution in [0, 0.1) is 13.8 Å². The summed E-state index contributed by atoms with van der Waals surface area (Å²) < 4.78 is 28.6. The molecule has 1 N–H and O–H groups in total. The van der Waals surface area contributed by atoms with Crippen LogP contribution in [0.15, 0.2) is 77.7 Å². The van der Waals surface area contributed by atoms with Crippen LogP contribution in [-0.2, 0) is 26.2 Å². The fourth-order valence-corrected chi connectivity index (χ4v) is 5.47. The Morgan fingerprint density at radius 2 is 1.59 bits per heavy atom. The number of halogens is 1. The molecule has 0 aliphatic rings. The molecule has 0 radical (unpaired) electrons. The molecule has 0 aromatic heterocycles. The van der Waals surface area contributed by atoms with Gasteiger partial charge in [0.05, 0.1) is 10.6 Å². The Kier molecular flexibility index (Phi) is 9.34. The summed E-state index contributed by atoms with van der Waals surface area (Å²) in [5.41, 5.74) is 2.90. The Balaban J connectivity index is 2.05. The number of aryl methyl sites for hydroxylation is 2. The minimum Gasteiger partial charge on any atom is -0.355 e. The molecular weight excluding hydrogens is 510 g/mol. The van der Waals surface area contributed by atoms with Gasteiger partial charge in [0.1, 0.15) is 12.6 Å². The quantitative estimate of drug-likeness (QED) is 0.403. The monoisotopic (exact) mass is 541 g/mol. The van der Waals surface area contributed by atoms with Crippen LogP contribution in [0.3, 0.4) is 0 Å². The number of amides is 2. The predicted molar refractivity (Wildman–Crippen MR) is 147 cm³/mol. The van der Waals surface area contributed by atoms with Crippen molar-refractivity contribution in [3.8, 4) is 0 Å². The van der Waals surface area contributed by atoms with E-state index in [4.69, 9.17) is 11.6 Å². The number of sulfonamides is 1. The highest BCUT2D eigenvalue weighted by molar-refractivity contribution is 7.92. The van der Waals surface area contributed by atoms with Crippen LogP contribution in [0.5, 0.6) is 0 Å². The lowest BCUT2D eigenvalue weighted by atomic mass is 10.1. The molecule has 1 unspecified atom stereocenters. The molecule has 0 fully saturated rings. The van der Waals surface area contributed by atoms with E-state index in [-0.39, 0.29) is 17.3 Å². The number of hydrogen-bond donors (Lipinski definition) is 1. The van der Waals surface area contributed by atoms with Crippen molar-refractivity contribution < 1.29 is 18.0 Å². The van der Waals surface area contributed by atoms with E-state index in [1.54, 1.807) is 68.4 Å². The molecular formula is C28H32ClN3O4S. The van der Waals surface area contributed by atoms with Crippen molar-refractivity contribution in [2.75, 3.05) is 17.4 Å². The first-order valence-electron chi connectivity index (χ1n) is 12.0. The average molecular weight is 542 g/mol. The van der Waals surface area contributed by atoms with Gasteiger partial charge in [-0.25, -0.2) is 8.42 Å². The molecule has 0 spiro atoms. The summed E-state index contributed by atoms with van der Waals surface area (Å²) in [5.74, 6) is -0.872. The van der Waals surface area contributed by atoms with Gasteiger partial charge >= 0.3 is 0 Å². The van der Waals surface area contributed by atoms with Gasteiger partial charge in [0.2, 0.25) is 11.8 Å². The summed E-state index contributed by atoms with van der Waals surface area (Å²) >= 11 is 6.36. The predicted octanol–water partition coefficient (Wildman–Crippen LogP) is 4.71. The third-order valence-corrected chi connectivity index (χ3v) is 8.36. The molecule has 0 aliphatic carbocycles. The number of rotatable bonds is 10. The first-order valence-corrected chi connectivity index (χ1v) is 13.8. The molecule has 1 atom stereocenters. The van der Waals surface area contributed by atoms with E-state index in [0.717, 1.165) is 15.4 Å². The van der Waals surface area contributed by atoms with Crippen molar-refractivity contribution in [1.29, 1.82) is 0 Å². The van der Waals surface area contributed by atoms with Gasteiger partial charge < -0.3 is 10.2 Å². The first kappa shape index (κ1) is 28.2. The van der Waals surface area contributed by atoms with Crippen LogP contribution >= 0.6 is 11.6 Å². The van der Waals surface area contributed by atoms with Crippen molar-refractivity contribution in [3.05, 3.63) is 94.5 Å². The number of carbonyl (C=O) groups is 2. The van der Waals surface area contributed by atoms with Crippen molar-refractivity contribution >= 4 is 39.1 Å². The SMILES string of the molecule is CCNC(=O)C(C)N(Cc1ccccc1Cl)C(=O)CN(c1ccc(C)c(C)c1)S(=O)(=O)c1ccccc1. The average Bonchev–Trinajstić information content (AvgIpc) is 2.88. The van der Waals surface area contributed by atoms with Crippen molar-refractivity contribution in [2.24, 2.45) is 0 Å². The minimum atomic E-state index is -4.09. The van der Waals surface area contributed by atoms with Crippen LogP contribution in [-0.4, -0.2) is 44.3 Å². The molecule has 196 valence electrons. The number of nitrogens with zero attached hydrogens (tertiary/aromatic N) is 2. The zero-order chi connectivity index (χ0) is 27.2. The normalized spacial score (nSPS) is 12.0. The smallest absolute Gasteiger partial charge is 0.264 e. The number of benzene rings is 3. The number of likely N-dealkylation sites (N-methyl/N-ethyl adjacent to an activating group) is 1. The van der Waals surface area contributed by atoms with Crippen LogP contribution < -0.4 is 9.62 Å². The minimum absolute atomic E-state index is 0.0446. The van der Waals surface area contributed by atoms with E-state index >= 15 is 0 Å². The zero-order valence-corrected chi connectivity index (χ0v) is 23.0. The van der Waals surface area contributed by atoms with E-state index in [2.05, 4.69) is 5.32 Å². The van der Waals surface area contributed by atoms with Gasteiger partial charge in [0.15, 0.2) is 0 Å². The lowest BCUT2D eigenvalue weighted by Gasteiger charge is -2.32. The summed E-state index contributed by atoms with van der Waals surface area (Å²) in [6.45, 7) is 7.17. The van der Waals surface area contributed by atoms with Gasteiger partial charge in [-0.1, -0.05) is 54.1 Å². The summed E-state index contributed by atoms with van der Waals surface area (Å²) in [7, 11) is -4.09. The molecule has 37 heavy (non-hydrogen) atoms. The Morgan fingerprint density at radius 1 is 0.946 bits per heavy atom. The standard InChI is InChI=1S/C28H32ClN3O4S/c1-5-30-28(34)22(4)31(18-23-11-9-10-14-26(23)29)27(33)19-32(24-16-15-20(2)21(3)17-24)37(35,36)25-12-7-6-8-13-25/h6-17,22H,5,18-19H2,1-4H3,(H,30,34). The molecule has 0 saturated carbocycles. The molecule has 3 aromatic rings. The van der Waals surface area contributed by atoms with E-state index in [0.29, 0.717) is 22.8 Å². The van der Waals surface area contributed by atoms with Gasteiger partial charge in [0, 0.05) is 18.1 Å². The van der Waals surface area contributed by atoms with Crippen LogP contribution in [0.25, 0.3) is 0 Å². The summed E-state index contributed by atoms with van der Waals surface area (Å²) in [6.07, 6.45) is 0. The van der Waals surface area contributed by atoms with E-state index < -0.39 is 28.5 Å². The zero-order valence-electron chi connectivity index (χ0n) is 21.4. The first-order chi connectivity index (χ1) is 17.6. The van der Waals surface area contributed by atoms with Crippen LogP contribution in [0.4, 0.5) is 5.69 Å². The van der Waals surface area contributed by atoms with E-state index in [1.165, 1.54) is 17.0 Å². The summed E-state index contributed by atoms with van der Waals surface area (Å²) in [6, 6.07) is 19.4. The largest absolute Gasteiger partial charge is 0.355 e. The lowest BCUT2D eigenvalue weighted by Crippen LogP contribution is -2.51. The molecule has 3 rings (SSSR count). The second-order valence-electron chi connectivity index (χ2n) is 8.78. The summed E-state index contributed by atoms with van der Waals surface area (Å²) in [5, 5.41) is 3.19. The fourth-order valence-electron chi connectivity index (χ4n) is 3.84. The van der Waals surface area contributed by atoms with E-state index in [9.17, 15) is 18.0 Å². The number of anilines is 1. The highest BCUT2D eigenvalue weighted by Crippen LogP contribution is 2.27. The second-order valence-corrected chi connectivity index (χ2v) is 11.0. The molecule has 7 nitrogen and oxygen atoms in total. The number of nitrogens with one attached hydrogen (secondary N) is 1. The van der Waals surface area contributed by atoms with Crippen molar-refractivity contribution in [1.82, 2.24) is 10.2 Å². The topological polar surface area (TPSA) is 86.8 Å². The van der Waals surface area contributed by atoms with Crippen molar-refractivity contribution in [3.63, 3.8) is 0 Å². The molecule has 0 heterocycles. The van der Waals surface area contributed by atoms with Gasteiger partial charge in [-0.05, 0) is 74.7 Å². The maximum absolute atomic E-state index is 13.8. The van der Waals surface area contributed by atoms with Crippen LogP contribution in [0.2, 0.25) is 5.02 Å². The molecule has 9 heteroatoms. The van der Waals surface area contributed by atoms with Crippen molar-refractivity contribution in [2.45, 2.75) is 45.2 Å². The molecule has 0 saturated heterocycles. The van der Waals surface area contributed by atoms with Gasteiger partial charge in [-0.2, -0.15) is 0 Å². The fraction of sp³-hybridized carbons (Fsp3) is 0.286. The molecule has 0 aliphatic heterocycles.